The number of esters is 1. The van der Waals surface area contributed by atoms with Crippen molar-refractivity contribution in [2.75, 3.05) is 0 Å². The molecule has 3 rings (SSSR count). The maximum atomic E-state index is 11.9. The average molecular weight is 312 g/mol. The highest BCUT2D eigenvalue weighted by Crippen LogP contribution is 2.22. The first-order valence-corrected chi connectivity index (χ1v) is 8.07. The summed E-state index contributed by atoms with van der Waals surface area (Å²) in [5.41, 5.74) is 5.04. The zero-order valence-electron chi connectivity index (χ0n) is 12.5. The van der Waals surface area contributed by atoms with Crippen LogP contribution in [0.15, 0.2) is 40.5 Å². The predicted molar refractivity (Wildman–Crippen MR) is 87.9 cm³/mol. The largest absolute Gasteiger partial charge is 0.402 e. The van der Waals surface area contributed by atoms with Crippen LogP contribution < -0.4 is 0 Å². The van der Waals surface area contributed by atoms with Crippen LogP contribution in [0.2, 0.25) is 0 Å². The average Bonchev–Trinajstić information content (AvgIpc) is 3.08. The monoisotopic (exact) mass is 312 g/mol. The van der Waals surface area contributed by atoms with Gasteiger partial charge in [-0.25, -0.2) is 14.8 Å². The van der Waals surface area contributed by atoms with Gasteiger partial charge in [0, 0.05) is 5.56 Å². The highest BCUT2D eigenvalue weighted by molar-refractivity contribution is 7.10. The second-order valence-corrected chi connectivity index (χ2v) is 5.97. The van der Waals surface area contributed by atoms with E-state index in [1.807, 2.05) is 31.2 Å². The molecular weight excluding hydrogens is 296 g/mol. The Hall–Kier alpha value is -2.27. The van der Waals surface area contributed by atoms with E-state index in [0.717, 1.165) is 29.0 Å². The molecule has 0 aliphatic carbocycles. The lowest BCUT2D eigenvalue weighted by Crippen LogP contribution is -2.05. The lowest BCUT2D eigenvalue weighted by molar-refractivity contribution is -0.129. The molecule has 0 amide bonds. The van der Waals surface area contributed by atoms with Gasteiger partial charge in [0.2, 0.25) is 5.90 Å². The van der Waals surface area contributed by atoms with E-state index in [1.54, 1.807) is 11.6 Å². The molecule has 0 spiro atoms. The van der Waals surface area contributed by atoms with E-state index < -0.39 is 5.97 Å². The highest BCUT2D eigenvalue weighted by atomic mass is 32.1. The molecule has 0 unspecified atom stereocenters. The van der Waals surface area contributed by atoms with E-state index in [4.69, 9.17) is 4.74 Å². The second kappa shape index (κ2) is 6.23. The standard InChI is InChI=1S/C17H16N2O2S/c1-3-4-12-5-7-13(8-6-12)16-19-14(17(20)21-16)9-15-11(2)18-10-22-15/h5-10H,3-4H2,1-2H3/b14-9-. The van der Waals surface area contributed by atoms with Crippen molar-refractivity contribution in [3.63, 3.8) is 0 Å². The molecule has 2 aromatic rings. The molecule has 0 N–H and O–H groups in total. The van der Waals surface area contributed by atoms with Crippen molar-refractivity contribution in [2.24, 2.45) is 4.99 Å². The Morgan fingerprint density at radius 1 is 1.27 bits per heavy atom. The van der Waals surface area contributed by atoms with Crippen LogP contribution in [0, 0.1) is 6.92 Å². The van der Waals surface area contributed by atoms with Crippen LogP contribution in [0.5, 0.6) is 0 Å². The summed E-state index contributed by atoms with van der Waals surface area (Å²) in [6, 6.07) is 7.98. The Morgan fingerprint density at radius 2 is 2.05 bits per heavy atom. The van der Waals surface area contributed by atoms with E-state index in [-0.39, 0.29) is 0 Å². The van der Waals surface area contributed by atoms with Gasteiger partial charge in [-0.2, -0.15) is 0 Å². The van der Waals surface area contributed by atoms with Crippen LogP contribution >= 0.6 is 11.3 Å². The van der Waals surface area contributed by atoms with Crippen molar-refractivity contribution in [3.05, 3.63) is 57.2 Å². The molecule has 22 heavy (non-hydrogen) atoms. The first-order chi connectivity index (χ1) is 10.7. The SMILES string of the molecule is CCCc1ccc(C2=N/C(=C\c3scnc3C)C(=O)O2)cc1. The molecule has 0 fully saturated rings. The summed E-state index contributed by atoms with van der Waals surface area (Å²) >= 11 is 1.48. The summed E-state index contributed by atoms with van der Waals surface area (Å²) in [6.45, 7) is 4.05. The van der Waals surface area contributed by atoms with E-state index >= 15 is 0 Å². The van der Waals surface area contributed by atoms with Gasteiger partial charge >= 0.3 is 5.97 Å². The minimum Gasteiger partial charge on any atom is -0.402 e. The normalized spacial score (nSPS) is 16.0. The Morgan fingerprint density at radius 3 is 2.68 bits per heavy atom. The molecule has 112 valence electrons. The zero-order valence-corrected chi connectivity index (χ0v) is 13.3. The maximum absolute atomic E-state index is 11.9. The number of benzene rings is 1. The first kappa shape index (κ1) is 14.7. The predicted octanol–water partition coefficient (Wildman–Crippen LogP) is 3.75. The number of ether oxygens (including phenoxy) is 1. The Bertz CT molecular complexity index is 757. The van der Waals surface area contributed by atoms with Crippen molar-refractivity contribution in [1.82, 2.24) is 4.98 Å². The van der Waals surface area contributed by atoms with Crippen LogP contribution in [0.4, 0.5) is 0 Å². The van der Waals surface area contributed by atoms with Crippen LogP contribution in [0.1, 0.15) is 35.0 Å². The third-order valence-electron chi connectivity index (χ3n) is 3.41. The summed E-state index contributed by atoms with van der Waals surface area (Å²) in [5, 5.41) is 0. The molecule has 0 bridgehead atoms. The van der Waals surface area contributed by atoms with Crippen molar-refractivity contribution < 1.29 is 9.53 Å². The molecule has 5 heteroatoms. The number of aryl methyl sites for hydroxylation is 2. The number of hydrogen-bond acceptors (Lipinski definition) is 5. The number of thiazole rings is 1. The fourth-order valence-corrected chi connectivity index (χ4v) is 2.94. The number of aliphatic imine (C=N–C) groups is 1. The molecule has 0 saturated carbocycles. The van der Waals surface area contributed by atoms with Gasteiger partial charge in [0.15, 0.2) is 5.70 Å². The zero-order chi connectivity index (χ0) is 15.5. The van der Waals surface area contributed by atoms with Crippen LogP contribution in [0.25, 0.3) is 6.08 Å². The Kier molecular flexibility index (Phi) is 4.15. The van der Waals surface area contributed by atoms with Gasteiger partial charge in [0.1, 0.15) is 0 Å². The first-order valence-electron chi connectivity index (χ1n) is 7.19. The molecule has 0 saturated heterocycles. The topological polar surface area (TPSA) is 51.5 Å². The van der Waals surface area contributed by atoms with Gasteiger partial charge in [0.25, 0.3) is 0 Å². The summed E-state index contributed by atoms with van der Waals surface area (Å²) < 4.78 is 5.28. The number of carbonyl (C=O) groups excluding carboxylic acids is 1. The van der Waals surface area contributed by atoms with Gasteiger partial charge in [-0.15, -0.1) is 11.3 Å². The van der Waals surface area contributed by atoms with Crippen molar-refractivity contribution in [2.45, 2.75) is 26.7 Å². The van der Waals surface area contributed by atoms with Gasteiger partial charge in [-0.05, 0) is 37.1 Å². The van der Waals surface area contributed by atoms with Gasteiger partial charge in [0.05, 0.1) is 16.1 Å². The Labute approximate surface area is 133 Å². The van der Waals surface area contributed by atoms with Crippen molar-refractivity contribution in [3.8, 4) is 0 Å². The summed E-state index contributed by atoms with van der Waals surface area (Å²) in [4.78, 5) is 21.3. The fraction of sp³-hybridized carbons (Fsp3) is 0.235. The highest BCUT2D eigenvalue weighted by Gasteiger charge is 2.24. The van der Waals surface area contributed by atoms with Gasteiger partial charge in [-0.3, -0.25) is 0 Å². The van der Waals surface area contributed by atoms with Crippen LogP contribution in [-0.2, 0) is 16.0 Å². The fourth-order valence-electron chi connectivity index (χ4n) is 2.21. The quantitative estimate of drug-likeness (QED) is 0.638. The van der Waals surface area contributed by atoms with Crippen molar-refractivity contribution in [1.29, 1.82) is 0 Å². The molecule has 2 heterocycles. The number of nitrogens with zero attached hydrogens (tertiary/aromatic N) is 2. The van der Waals surface area contributed by atoms with Crippen molar-refractivity contribution >= 4 is 29.3 Å². The summed E-state index contributed by atoms with van der Waals surface area (Å²) in [5.74, 6) is -0.0538. The molecule has 1 aromatic heterocycles. The number of carbonyl (C=O) groups is 1. The minimum atomic E-state index is -0.416. The molecule has 1 aliphatic rings. The van der Waals surface area contributed by atoms with Crippen LogP contribution in [-0.4, -0.2) is 16.9 Å². The third-order valence-corrected chi connectivity index (χ3v) is 4.29. The third kappa shape index (κ3) is 2.99. The van der Waals surface area contributed by atoms with E-state index in [2.05, 4.69) is 16.9 Å². The van der Waals surface area contributed by atoms with Gasteiger partial charge < -0.3 is 4.74 Å². The number of hydrogen-bond donors (Lipinski definition) is 0. The van der Waals surface area contributed by atoms with E-state index in [0.29, 0.717) is 11.6 Å². The maximum Gasteiger partial charge on any atom is 0.363 e. The summed E-state index contributed by atoms with van der Waals surface area (Å²) in [7, 11) is 0. The lowest BCUT2D eigenvalue weighted by Gasteiger charge is -2.01. The second-order valence-electron chi connectivity index (χ2n) is 5.08. The minimum absolute atomic E-state index is 0.319. The Balaban J connectivity index is 1.86. The molecule has 0 radical (unpaired) electrons. The lowest BCUT2D eigenvalue weighted by atomic mass is 10.1. The molecular formula is C17H16N2O2S. The smallest absolute Gasteiger partial charge is 0.363 e. The molecule has 1 aliphatic heterocycles. The number of cyclic esters (lactones) is 1. The number of rotatable bonds is 4. The molecule has 0 atom stereocenters. The van der Waals surface area contributed by atoms with E-state index in [9.17, 15) is 4.79 Å². The van der Waals surface area contributed by atoms with E-state index in [1.165, 1.54) is 16.9 Å². The molecule has 1 aromatic carbocycles. The molecule has 4 nitrogen and oxygen atoms in total. The number of aromatic nitrogens is 1. The van der Waals surface area contributed by atoms with Gasteiger partial charge in [-0.1, -0.05) is 25.5 Å². The van der Waals surface area contributed by atoms with Crippen LogP contribution in [0.3, 0.4) is 0 Å². The summed E-state index contributed by atoms with van der Waals surface area (Å²) in [6.07, 6.45) is 3.88.